The van der Waals surface area contributed by atoms with E-state index in [9.17, 15) is 0 Å². The average molecular weight is 471 g/mol. The van der Waals surface area contributed by atoms with E-state index >= 15 is 0 Å². The SMILES string of the molecule is Cl.Cn1nnnc1SCCNCc1cc(Br)ccc1OCc1ccccc1. The van der Waals surface area contributed by atoms with Crippen molar-refractivity contribution in [2.24, 2.45) is 7.05 Å². The van der Waals surface area contributed by atoms with Gasteiger partial charge in [-0.2, -0.15) is 0 Å². The fourth-order valence-corrected chi connectivity index (χ4v) is 3.50. The summed E-state index contributed by atoms with van der Waals surface area (Å²) in [5.41, 5.74) is 2.28. The van der Waals surface area contributed by atoms with Gasteiger partial charge >= 0.3 is 0 Å². The third-order valence-corrected chi connectivity index (χ3v) is 5.17. The van der Waals surface area contributed by atoms with Gasteiger partial charge in [-0.05, 0) is 34.2 Å². The Morgan fingerprint density at radius 1 is 1.19 bits per heavy atom. The Kier molecular flexibility index (Phi) is 9.06. The Balaban J connectivity index is 0.00000261. The van der Waals surface area contributed by atoms with Gasteiger partial charge < -0.3 is 10.1 Å². The summed E-state index contributed by atoms with van der Waals surface area (Å²) < 4.78 is 8.73. The minimum absolute atomic E-state index is 0. The number of hydrogen-bond acceptors (Lipinski definition) is 6. The maximum absolute atomic E-state index is 6.01. The van der Waals surface area contributed by atoms with E-state index in [2.05, 4.69) is 55.0 Å². The lowest BCUT2D eigenvalue weighted by Crippen LogP contribution is -2.17. The highest BCUT2D eigenvalue weighted by Gasteiger charge is 2.06. The number of aromatic nitrogens is 4. The summed E-state index contributed by atoms with van der Waals surface area (Å²) in [6.45, 7) is 2.15. The van der Waals surface area contributed by atoms with E-state index in [4.69, 9.17) is 4.74 Å². The predicted octanol–water partition coefficient (Wildman–Crippen LogP) is 3.86. The van der Waals surface area contributed by atoms with Crippen LogP contribution in [0.25, 0.3) is 0 Å². The van der Waals surface area contributed by atoms with Crippen LogP contribution >= 0.6 is 40.1 Å². The first-order valence-corrected chi connectivity index (χ1v) is 10.0. The highest BCUT2D eigenvalue weighted by atomic mass is 79.9. The molecule has 0 saturated carbocycles. The second kappa shape index (κ2) is 11.3. The Morgan fingerprint density at radius 3 is 2.74 bits per heavy atom. The van der Waals surface area contributed by atoms with Gasteiger partial charge in [-0.25, -0.2) is 4.68 Å². The molecule has 0 saturated heterocycles. The van der Waals surface area contributed by atoms with Crippen LogP contribution in [0, 0.1) is 0 Å². The number of nitrogens with one attached hydrogen (secondary N) is 1. The highest BCUT2D eigenvalue weighted by Crippen LogP contribution is 2.24. The summed E-state index contributed by atoms with van der Waals surface area (Å²) in [5, 5.41) is 15.7. The molecule has 0 radical (unpaired) electrons. The van der Waals surface area contributed by atoms with Gasteiger partial charge in [0.05, 0.1) is 0 Å². The lowest BCUT2D eigenvalue weighted by Gasteiger charge is -2.13. The maximum atomic E-state index is 6.01. The van der Waals surface area contributed by atoms with Crippen LogP contribution < -0.4 is 10.1 Å². The third kappa shape index (κ3) is 6.80. The molecule has 0 aliphatic rings. The molecular weight excluding hydrogens is 450 g/mol. The van der Waals surface area contributed by atoms with Crippen LogP contribution in [-0.2, 0) is 20.2 Å². The predicted molar refractivity (Wildman–Crippen MR) is 113 cm³/mol. The van der Waals surface area contributed by atoms with Crippen LogP contribution in [0.15, 0.2) is 58.2 Å². The molecule has 3 aromatic rings. The fraction of sp³-hybridized carbons (Fsp3) is 0.278. The zero-order valence-electron chi connectivity index (χ0n) is 14.8. The number of thioether (sulfide) groups is 1. The van der Waals surface area contributed by atoms with Gasteiger partial charge in [-0.15, -0.1) is 17.5 Å². The van der Waals surface area contributed by atoms with E-state index in [1.807, 2.05) is 37.4 Å². The van der Waals surface area contributed by atoms with Crippen molar-refractivity contribution < 1.29 is 4.74 Å². The second-order valence-electron chi connectivity index (χ2n) is 5.64. The molecule has 0 atom stereocenters. The molecule has 2 aromatic carbocycles. The van der Waals surface area contributed by atoms with E-state index in [1.54, 1.807) is 16.4 Å². The largest absolute Gasteiger partial charge is 0.489 e. The van der Waals surface area contributed by atoms with Gasteiger partial charge in [0.25, 0.3) is 0 Å². The molecule has 0 aliphatic carbocycles. The standard InChI is InChI=1S/C18H20BrN5OS.ClH/c1-24-18(21-22-23-24)26-10-9-20-12-15-11-16(19)7-8-17(15)25-13-14-5-3-2-4-6-14;/h2-8,11,20H,9-10,12-13H2,1H3;1H. The lowest BCUT2D eigenvalue weighted by molar-refractivity contribution is 0.302. The first-order valence-electron chi connectivity index (χ1n) is 8.23. The molecule has 0 fully saturated rings. The summed E-state index contributed by atoms with van der Waals surface area (Å²) >= 11 is 5.16. The Hall–Kier alpha value is -1.61. The third-order valence-electron chi connectivity index (χ3n) is 3.67. The molecule has 144 valence electrons. The molecule has 1 N–H and O–H groups in total. The molecule has 0 unspecified atom stereocenters. The van der Waals surface area contributed by atoms with E-state index in [-0.39, 0.29) is 12.4 Å². The fourth-order valence-electron chi connectivity index (χ4n) is 2.34. The number of hydrogen-bond donors (Lipinski definition) is 1. The van der Waals surface area contributed by atoms with E-state index in [1.165, 1.54) is 0 Å². The zero-order valence-corrected chi connectivity index (χ0v) is 18.1. The van der Waals surface area contributed by atoms with Crippen molar-refractivity contribution in [1.82, 2.24) is 25.5 Å². The van der Waals surface area contributed by atoms with E-state index < -0.39 is 0 Å². The molecule has 0 aliphatic heterocycles. The summed E-state index contributed by atoms with van der Waals surface area (Å²) in [6, 6.07) is 16.3. The average Bonchev–Trinajstić information content (AvgIpc) is 3.06. The van der Waals surface area contributed by atoms with Gasteiger partial charge in [0.15, 0.2) is 0 Å². The van der Waals surface area contributed by atoms with Gasteiger partial charge in [-0.3, -0.25) is 0 Å². The molecule has 6 nitrogen and oxygen atoms in total. The molecule has 27 heavy (non-hydrogen) atoms. The van der Waals surface area contributed by atoms with Crippen LogP contribution in [0.1, 0.15) is 11.1 Å². The molecule has 0 amide bonds. The Labute approximate surface area is 177 Å². The van der Waals surface area contributed by atoms with Crippen molar-refractivity contribution >= 4 is 40.1 Å². The zero-order chi connectivity index (χ0) is 18.2. The van der Waals surface area contributed by atoms with E-state index in [0.717, 1.165) is 45.3 Å². The highest BCUT2D eigenvalue weighted by molar-refractivity contribution is 9.10. The van der Waals surface area contributed by atoms with Crippen molar-refractivity contribution in [2.45, 2.75) is 18.3 Å². The Bertz CT molecular complexity index is 834. The van der Waals surface area contributed by atoms with Crippen molar-refractivity contribution in [1.29, 1.82) is 0 Å². The Morgan fingerprint density at radius 2 is 2.00 bits per heavy atom. The molecule has 1 aromatic heterocycles. The molecule has 1 heterocycles. The number of aryl methyl sites for hydroxylation is 1. The first-order chi connectivity index (χ1) is 12.7. The summed E-state index contributed by atoms with van der Waals surface area (Å²) in [7, 11) is 1.84. The topological polar surface area (TPSA) is 64.9 Å². The van der Waals surface area contributed by atoms with Crippen LogP contribution in [0.5, 0.6) is 5.75 Å². The first kappa shape index (κ1) is 21.7. The van der Waals surface area contributed by atoms with Gasteiger partial charge in [0.1, 0.15) is 12.4 Å². The number of tetrazole rings is 1. The minimum atomic E-state index is 0. The van der Waals surface area contributed by atoms with Crippen LogP contribution in [0.3, 0.4) is 0 Å². The molecule has 0 bridgehead atoms. The molecule has 9 heteroatoms. The number of halogens is 2. The van der Waals surface area contributed by atoms with Crippen molar-refractivity contribution in [3.63, 3.8) is 0 Å². The second-order valence-corrected chi connectivity index (χ2v) is 7.61. The van der Waals surface area contributed by atoms with E-state index in [0.29, 0.717) is 6.61 Å². The summed E-state index contributed by atoms with van der Waals surface area (Å²) in [6.07, 6.45) is 0. The van der Waals surface area contributed by atoms with Gasteiger partial charge in [-0.1, -0.05) is 58.0 Å². The normalized spacial score (nSPS) is 10.4. The summed E-state index contributed by atoms with van der Waals surface area (Å²) in [5.74, 6) is 1.79. The smallest absolute Gasteiger partial charge is 0.209 e. The lowest BCUT2D eigenvalue weighted by atomic mass is 10.2. The maximum Gasteiger partial charge on any atom is 0.209 e. The number of benzene rings is 2. The number of rotatable bonds is 9. The van der Waals surface area contributed by atoms with Crippen LogP contribution in [-0.4, -0.2) is 32.5 Å². The quantitative estimate of drug-likeness (QED) is 0.378. The van der Waals surface area contributed by atoms with Crippen molar-refractivity contribution in [3.05, 3.63) is 64.1 Å². The molecule has 0 spiro atoms. The van der Waals surface area contributed by atoms with Crippen LogP contribution in [0.4, 0.5) is 0 Å². The minimum Gasteiger partial charge on any atom is -0.489 e. The van der Waals surface area contributed by atoms with Crippen molar-refractivity contribution in [2.75, 3.05) is 12.3 Å². The van der Waals surface area contributed by atoms with Gasteiger partial charge in [0.2, 0.25) is 5.16 Å². The van der Waals surface area contributed by atoms with Crippen LogP contribution in [0.2, 0.25) is 0 Å². The van der Waals surface area contributed by atoms with Crippen molar-refractivity contribution in [3.8, 4) is 5.75 Å². The number of nitrogens with zero attached hydrogens (tertiary/aromatic N) is 4. The van der Waals surface area contributed by atoms with Gasteiger partial charge in [0, 0.05) is 35.9 Å². The molecule has 3 rings (SSSR count). The monoisotopic (exact) mass is 469 g/mol. The number of ether oxygens (including phenoxy) is 1. The molecular formula is C18H21BrClN5OS. The summed E-state index contributed by atoms with van der Waals surface area (Å²) in [4.78, 5) is 0.